The lowest BCUT2D eigenvalue weighted by Gasteiger charge is -2.06. The summed E-state index contributed by atoms with van der Waals surface area (Å²) in [5, 5.41) is 0. The van der Waals surface area contributed by atoms with Gasteiger partial charge in [0, 0.05) is 6.07 Å². The minimum Gasteiger partial charge on any atom is -0.433 e. The van der Waals surface area contributed by atoms with Crippen molar-refractivity contribution in [2.45, 2.75) is 13.2 Å². The van der Waals surface area contributed by atoms with Crippen LogP contribution in [0.2, 0.25) is 0 Å². The summed E-state index contributed by atoms with van der Waals surface area (Å²) in [4.78, 5) is 3.37. The van der Waals surface area contributed by atoms with Crippen molar-refractivity contribution >= 4 is 0 Å². The van der Waals surface area contributed by atoms with E-state index in [0.717, 1.165) is 18.5 Å². The van der Waals surface area contributed by atoms with E-state index in [1.165, 1.54) is 0 Å². The van der Waals surface area contributed by atoms with Gasteiger partial charge in [0.25, 0.3) is 0 Å². The van der Waals surface area contributed by atoms with Gasteiger partial charge in [-0.15, -0.1) is 0 Å². The third-order valence-electron chi connectivity index (χ3n) is 1.14. The SMILES string of the molecule is FC(F)Oc1cncc(OC(F)F)c1. The number of nitrogens with zero attached hydrogens (tertiary/aromatic N) is 1. The van der Waals surface area contributed by atoms with Crippen LogP contribution in [0.4, 0.5) is 17.6 Å². The normalized spacial score (nSPS) is 10.7. The fourth-order valence-electron chi connectivity index (χ4n) is 0.734. The van der Waals surface area contributed by atoms with Crippen molar-refractivity contribution in [3.05, 3.63) is 18.5 Å². The molecule has 0 bridgehead atoms. The van der Waals surface area contributed by atoms with E-state index in [1.807, 2.05) is 0 Å². The summed E-state index contributed by atoms with van der Waals surface area (Å²) in [6.07, 6.45) is 1.93. The Balaban J connectivity index is 2.68. The molecule has 1 aromatic heterocycles. The number of alkyl halides is 4. The van der Waals surface area contributed by atoms with E-state index in [-0.39, 0.29) is 11.5 Å². The van der Waals surface area contributed by atoms with Gasteiger partial charge in [0.15, 0.2) is 0 Å². The molecule has 7 heteroatoms. The lowest BCUT2D eigenvalue weighted by atomic mass is 10.4. The molecule has 0 aliphatic heterocycles. The highest BCUT2D eigenvalue weighted by Crippen LogP contribution is 2.20. The summed E-state index contributed by atoms with van der Waals surface area (Å²) in [5.74, 6) is -0.670. The van der Waals surface area contributed by atoms with E-state index in [9.17, 15) is 17.6 Å². The lowest BCUT2D eigenvalue weighted by Crippen LogP contribution is -2.05. The van der Waals surface area contributed by atoms with Gasteiger partial charge in [0.1, 0.15) is 11.5 Å². The monoisotopic (exact) mass is 211 g/mol. The number of hydrogen-bond acceptors (Lipinski definition) is 3. The summed E-state index contributed by atoms with van der Waals surface area (Å²) in [6, 6.07) is 0.894. The number of pyridine rings is 1. The van der Waals surface area contributed by atoms with Crippen LogP contribution in [0.1, 0.15) is 0 Å². The standard InChI is InChI=1S/C7H5F4NO2/c8-6(9)13-4-1-5(3-12-2-4)14-7(10)11/h1-3,6-7H. The third kappa shape index (κ3) is 3.46. The summed E-state index contributed by atoms with van der Waals surface area (Å²) >= 11 is 0. The predicted octanol–water partition coefficient (Wildman–Crippen LogP) is 2.28. The smallest absolute Gasteiger partial charge is 0.387 e. The van der Waals surface area contributed by atoms with Gasteiger partial charge in [-0.2, -0.15) is 17.6 Å². The van der Waals surface area contributed by atoms with E-state index < -0.39 is 13.2 Å². The predicted molar refractivity (Wildman–Crippen MR) is 37.5 cm³/mol. The van der Waals surface area contributed by atoms with Crippen LogP contribution < -0.4 is 9.47 Å². The first-order valence-corrected chi connectivity index (χ1v) is 3.42. The van der Waals surface area contributed by atoms with Crippen molar-refractivity contribution in [2.75, 3.05) is 0 Å². The van der Waals surface area contributed by atoms with Crippen molar-refractivity contribution < 1.29 is 27.0 Å². The molecular weight excluding hydrogens is 206 g/mol. The molecule has 0 atom stereocenters. The van der Waals surface area contributed by atoms with E-state index in [2.05, 4.69) is 14.5 Å². The van der Waals surface area contributed by atoms with Crippen LogP contribution in [0.15, 0.2) is 18.5 Å². The second-order valence-electron chi connectivity index (χ2n) is 2.11. The van der Waals surface area contributed by atoms with Crippen molar-refractivity contribution in [3.8, 4) is 11.5 Å². The highest BCUT2D eigenvalue weighted by molar-refractivity contribution is 5.28. The van der Waals surface area contributed by atoms with Crippen LogP contribution in [0, 0.1) is 0 Å². The van der Waals surface area contributed by atoms with Crippen molar-refractivity contribution in [1.29, 1.82) is 0 Å². The molecular formula is C7H5F4NO2. The average molecular weight is 211 g/mol. The summed E-state index contributed by atoms with van der Waals surface area (Å²) < 4.78 is 54.5. The van der Waals surface area contributed by atoms with Crippen molar-refractivity contribution in [2.24, 2.45) is 0 Å². The number of halogens is 4. The largest absolute Gasteiger partial charge is 0.433 e. The van der Waals surface area contributed by atoms with Crippen LogP contribution >= 0.6 is 0 Å². The maximum absolute atomic E-state index is 11.7. The molecule has 14 heavy (non-hydrogen) atoms. The maximum atomic E-state index is 11.7. The van der Waals surface area contributed by atoms with Gasteiger partial charge < -0.3 is 9.47 Å². The Labute approximate surface area is 76.3 Å². The topological polar surface area (TPSA) is 31.4 Å². The minimum atomic E-state index is -3.03. The molecule has 0 radical (unpaired) electrons. The molecule has 1 heterocycles. The fraction of sp³-hybridized carbons (Fsp3) is 0.286. The molecule has 0 spiro atoms. The molecule has 78 valence electrons. The van der Waals surface area contributed by atoms with Crippen LogP contribution in [0.25, 0.3) is 0 Å². The first-order chi connectivity index (χ1) is 6.58. The quantitative estimate of drug-likeness (QED) is 0.716. The molecule has 1 rings (SSSR count). The molecule has 0 aliphatic carbocycles. The molecule has 0 saturated carbocycles. The second kappa shape index (κ2) is 4.64. The molecule has 0 amide bonds. The molecule has 0 aromatic carbocycles. The molecule has 0 aliphatic rings. The van der Waals surface area contributed by atoms with Crippen molar-refractivity contribution in [3.63, 3.8) is 0 Å². The van der Waals surface area contributed by atoms with Gasteiger partial charge >= 0.3 is 13.2 Å². The number of ether oxygens (including phenoxy) is 2. The third-order valence-corrected chi connectivity index (χ3v) is 1.14. The number of hydrogen-bond donors (Lipinski definition) is 0. The van der Waals surface area contributed by atoms with E-state index in [1.54, 1.807) is 0 Å². The second-order valence-corrected chi connectivity index (χ2v) is 2.11. The lowest BCUT2D eigenvalue weighted by molar-refractivity contribution is -0.0547. The highest BCUT2D eigenvalue weighted by Gasteiger charge is 2.08. The average Bonchev–Trinajstić information content (AvgIpc) is 2.01. The fourth-order valence-corrected chi connectivity index (χ4v) is 0.734. The van der Waals surface area contributed by atoms with Gasteiger partial charge in [0.05, 0.1) is 12.4 Å². The number of rotatable bonds is 4. The molecule has 0 fully saturated rings. The van der Waals surface area contributed by atoms with E-state index in [0.29, 0.717) is 0 Å². The Morgan fingerprint density at radius 3 is 1.71 bits per heavy atom. The molecule has 0 saturated heterocycles. The van der Waals surface area contributed by atoms with Gasteiger partial charge in [-0.25, -0.2) is 0 Å². The molecule has 3 nitrogen and oxygen atoms in total. The zero-order valence-corrected chi connectivity index (χ0v) is 6.66. The Kier molecular flexibility index (Phi) is 3.49. The van der Waals surface area contributed by atoms with Crippen LogP contribution in [-0.2, 0) is 0 Å². The first kappa shape index (κ1) is 10.6. The van der Waals surface area contributed by atoms with Crippen LogP contribution in [0.3, 0.4) is 0 Å². The zero-order valence-electron chi connectivity index (χ0n) is 6.66. The van der Waals surface area contributed by atoms with Gasteiger partial charge in [-0.1, -0.05) is 0 Å². The summed E-state index contributed by atoms with van der Waals surface area (Å²) in [7, 11) is 0. The highest BCUT2D eigenvalue weighted by atomic mass is 19.3. The van der Waals surface area contributed by atoms with Gasteiger partial charge in [-0.3, -0.25) is 4.98 Å². The Morgan fingerprint density at radius 2 is 1.36 bits per heavy atom. The molecule has 0 unspecified atom stereocenters. The van der Waals surface area contributed by atoms with Crippen molar-refractivity contribution in [1.82, 2.24) is 4.98 Å². The zero-order chi connectivity index (χ0) is 10.6. The summed E-state index contributed by atoms with van der Waals surface area (Å²) in [6.45, 7) is -6.06. The first-order valence-electron chi connectivity index (χ1n) is 3.42. The van der Waals surface area contributed by atoms with E-state index >= 15 is 0 Å². The van der Waals surface area contributed by atoms with Crippen LogP contribution in [0.5, 0.6) is 11.5 Å². The Hall–Kier alpha value is -1.53. The Morgan fingerprint density at radius 1 is 0.929 bits per heavy atom. The van der Waals surface area contributed by atoms with Crippen LogP contribution in [-0.4, -0.2) is 18.2 Å². The van der Waals surface area contributed by atoms with Gasteiger partial charge in [0.2, 0.25) is 0 Å². The molecule has 0 N–H and O–H groups in total. The van der Waals surface area contributed by atoms with E-state index in [4.69, 9.17) is 0 Å². The Bertz CT molecular complexity index is 270. The summed E-state index contributed by atoms with van der Waals surface area (Å²) in [5.41, 5.74) is 0. The molecule has 1 aromatic rings. The van der Waals surface area contributed by atoms with Gasteiger partial charge in [-0.05, 0) is 0 Å². The minimum absolute atomic E-state index is 0.335. The maximum Gasteiger partial charge on any atom is 0.387 e. The number of aromatic nitrogens is 1.